The number of hydrogen-bond donors (Lipinski definition) is 0. The SMILES string of the molecule is CC(C)OCCOCc1ccc(O/C=C/CN(C/C=C/Oc2ccc(COCCOC(C)C)cc2)C(C)C)cc1. The van der Waals surface area contributed by atoms with E-state index in [0.29, 0.717) is 45.7 Å². The largest absolute Gasteiger partial charge is 0.465 e. The molecule has 0 radical (unpaired) electrons. The van der Waals surface area contributed by atoms with Crippen LogP contribution in [-0.4, -0.2) is 62.7 Å². The number of nitrogens with zero attached hydrogens (tertiary/aromatic N) is 1. The molecule has 0 amide bonds. The summed E-state index contributed by atoms with van der Waals surface area (Å²) in [5, 5.41) is 0. The minimum atomic E-state index is 0.229. The molecule has 0 saturated carbocycles. The lowest BCUT2D eigenvalue weighted by molar-refractivity contribution is 0.0142. The Morgan fingerprint density at radius 3 is 1.32 bits per heavy atom. The van der Waals surface area contributed by atoms with E-state index < -0.39 is 0 Å². The summed E-state index contributed by atoms with van der Waals surface area (Å²) in [6.07, 6.45) is 7.99. The van der Waals surface area contributed by atoms with Gasteiger partial charge < -0.3 is 28.4 Å². The molecule has 0 atom stereocenters. The first-order valence-electron chi connectivity index (χ1n) is 14.3. The van der Waals surface area contributed by atoms with Crippen molar-refractivity contribution in [3.05, 3.63) is 84.3 Å². The second-order valence-electron chi connectivity index (χ2n) is 10.3. The molecule has 7 heteroatoms. The Labute approximate surface area is 241 Å². The van der Waals surface area contributed by atoms with E-state index >= 15 is 0 Å². The van der Waals surface area contributed by atoms with E-state index in [-0.39, 0.29) is 12.2 Å². The lowest BCUT2D eigenvalue weighted by Crippen LogP contribution is -2.31. The zero-order valence-electron chi connectivity index (χ0n) is 25.2. The summed E-state index contributed by atoms with van der Waals surface area (Å²) in [4.78, 5) is 2.31. The normalized spacial score (nSPS) is 12.2. The molecule has 0 spiro atoms. The number of ether oxygens (including phenoxy) is 6. The van der Waals surface area contributed by atoms with Crippen LogP contribution in [0.25, 0.3) is 0 Å². The molecule has 2 rings (SSSR count). The molecule has 7 nitrogen and oxygen atoms in total. The first-order valence-corrected chi connectivity index (χ1v) is 14.3. The van der Waals surface area contributed by atoms with Crippen LogP contribution in [-0.2, 0) is 32.2 Å². The summed E-state index contributed by atoms with van der Waals surface area (Å²) >= 11 is 0. The minimum absolute atomic E-state index is 0.229. The first-order chi connectivity index (χ1) is 19.3. The van der Waals surface area contributed by atoms with Crippen LogP contribution >= 0.6 is 0 Å². The Kier molecular flexibility index (Phi) is 17.0. The van der Waals surface area contributed by atoms with Gasteiger partial charge in [0.1, 0.15) is 11.5 Å². The van der Waals surface area contributed by atoms with Crippen LogP contribution in [0.5, 0.6) is 11.5 Å². The van der Waals surface area contributed by atoms with Crippen molar-refractivity contribution in [1.82, 2.24) is 4.90 Å². The van der Waals surface area contributed by atoms with E-state index in [1.165, 1.54) is 0 Å². The summed E-state index contributed by atoms with van der Waals surface area (Å²) in [5.41, 5.74) is 2.21. The van der Waals surface area contributed by atoms with E-state index in [1.807, 2.05) is 88.4 Å². The number of benzene rings is 2. The van der Waals surface area contributed by atoms with Gasteiger partial charge in [-0.2, -0.15) is 0 Å². The molecule has 0 aromatic heterocycles. The zero-order valence-corrected chi connectivity index (χ0v) is 25.2. The summed E-state index contributed by atoms with van der Waals surface area (Å²) in [6, 6.07) is 16.3. The molecule has 0 aliphatic carbocycles. The van der Waals surface area contributed by atoms with Crippen LogP contribution in [0.2, 0.25) is 0 Å². The lowest BCUT2D eigenvalue weighted by atomic mass is 10.2. The standard InChI is InChI=1S/C33H49NO6/c1-27(2)34(17-7-19-39-32-13-9-30(10-14-32)25-35-21-23-37-28(3)4)18-8-20-40-33-15-11-31(12-16-33)26-36-22-24-38-29(5)6/h7-16,19-20,27-29H,17-18,21-26H2,1-6H3/b19-7+,20-8+. The van der Waals surface area contributed by atoms with Gasteiger partial charge in [0.2, 0.25) is 0 Å². The predicted octanol–water partition coefficient (Wildman–Crippen LogP) is 6.77. The highest BCUT2D eigenvalue weighted by molar-refractivity contribution is 5.28. The molecule has 222 valence electrons. The molecule has 2 aromatic carbocycles. The molecule has 40 heavy (non-hydrogen) atoms. The zero-order chi connectivity index (χ0) is 29.0. The molecular weight excluding hydrogens is 506 g/mol. The highest BCUT2D eigenvalue weighted by atomic mass is 16.5. The Hall–Kier alpha value is -2.68. The molecule has 0 N–H and O–H groups in total. The van der Waals surface area contributed by atoms with E-state index in [0.717, 1.165) is 35.7 Å². The van der Waals surface area contributed by atoms with Crippen molar-refractivity contribution in [2.45, 2.75) is 73.0 Å². The van der Waals surface area contributed by atoms with E-state index in [4.69, 9.17) is 28.4 Å². The van der Waals surface area contributed by atoms with Crippen LogP contribution in [0.15, 0.2) is 73.2 Å². The van der Waals surface area contributed by atoms with Gasteiger partial charge in [-0.15, -0.1) is 0 Å². The van der Waals surface area contributed by atoms with Gasteiger partial charge in [0, 0.05) is 19.1 Å². The van der Waals surface area contributed by atoms with Crippen molar-refractivity contribution in [3.63, 3.8) is 0 Å². The Balaban J connectivity index is 1.65. The third kappa shape index (κ3) is 15.8. The van der Waals surface area contributed by atoms with Crippen LogP contribution in [0, 0.1) is 0 Å². The Morgan fingerprint density at radius 2 is 0.975 bits per heavy atom. The average molecular weight is 556 g/mol. The Bertz CT molecular complexity index is 878. The minimum Gasteiger partial charge on any atom is -0.465 e. The molecule has 2 aromatic rings. The smallest absolute Gasteiger partial charge is 0.126 e. The van der Waals surface area contributed by atoms with Gasteiger partial charge in [-0.3, -0.25) is 4.90 Å². The summed E-state index contributed by atoms with van der Waals surface area (Å²) in [7, 11) is 0. The quantitative estimate of drug-likeness (QED) is 0.125. The van der Waals surface area contributed by atoms with Crippen molar-refractivity contribution in [2.24, 2.45) is 0 Å². The lowest BCUT2D eigenvalue weighted by Gasteiger charge is -2.23. The maximum Gasteiger partial charge on any atom is 0.126 e. The molecule has 0 aliphatic rings. The third-order valence-corrected chi connectivity index (χ3v) is 5.75. The van der Waals surface area contributed by atoms with Gasteiger partial charge in [0.05, 0.1) is 64.4 Å². The molecular formula is C33H49NO6. The van der Waals surface area contributed by atoms with Crippen LogP contribution < -0.4 is 9.47 Å². The van der Waals surface area contributed by atoms with Crippen LogP contribution in [0.3, 0.4) is 0 Å². The van der Waals surface area contributed by atoms with E-state index in [1.54, 1.807) is 12.5 Å². The second kappa shape index (κ2) is 20.2. The van der Waals surface area contributed by atoms with Crippen molar-refractivity contribution in [1.29, 1.82) is 0 Å². The molecule has 0 unspecified atom stereocenters. The van der Waals surface area contributed by atoms with Gasteiger partial charge in [0.15, 0.2) is 0 Å². The Morgan fingerprint density at radius 1 is 0.575 bits per heavy atom. The summed E-state index contributed by atoms with van der Waals surface area (Å²) in [5.74, 6) is 1.59. The third-order valence-electron chi connectivity index (χ3n) is 5.75. The van der Waals surface area contributed by atoms with E-state index in [2.05, 4.69) is 18.7 Å². The molecule has 0 bridgehead atoms. The highest BCUT2D eigenvalue weighted by Gasteiger charge is 2.05. The topological polar surface area (TPSA) is 58.6 Å². The molecule has 0 heterocycles. The van der Waals surface area contributed by atoms with Crippen LogP contribution in [0.4, 0.5) is 0 Å². The second-order valence-corrected chi connectivity index (χ2v) is 10.3. The van der Waals surface area contributed by atoms with Crippen LogP contribution in [0.1, 0.15) is 52.7 Å². The number of rotatable bonds is 21. The fraction of sp³-hybridized carbons (Fsp3) is 0.515. The first kappa shape index (κ1) is 33.5. The van der Waals surface area contributed by atoms with Gasteiger partial charge in [-0.05, 0) is 89.1 Å². The molecule has 0 fully saturated rings. The highest BCUT2D eigenvalue weighted by Crippen LogP contribution is 2.14. The molecule has 0 saturated heterocycles. The fourth-order valence-electron chi connectivity index (χ4n) is 3.50. The summed E-state index contributed by atoms with van der Waals surface area (Å²) < 4.78 is 33.8. The average Bonchev–Trinajstić information content (AvgIpc) is 2.92. The van der Waals surface area contributed by atoms with Crippen molar-refractivity contribution < 1.29 is 28.4 Å². The van der Waals surface area contributed by atoms with Gasteiger partial charge in [-0.25, -0.2) is 0 Å². The van der Waals surface area contributed by atoms with Gasteiger partial charge in [-0.1, -0.05) is 24.3 Å². The van der Waals surface area contributed by atoms with Crippen molar-refractivity contribution >= 4 is 0 Å². The van der Waals surface area contributed by atoms with Gasteiger partial charge in [0.25, 0.3) is 0 Å². The molecule has 0 aliphatic heterocycles. The summed E-state index contributed by atoms with van der Waals surface area (Å²) in [6.45, 7) is 17.5. The van der Waals surface area contributed by atoms with Crippen molar-refractivity contribution in [3.8, 4) is 11.5 Å². The predicted molar refractivity (Wildman–Crippen MR) is 161 cm³/mol. The maximum absolute atomic E-state index is 5.77. The maximum atomic E-state index is 5.77. The van der Waals surface area contributed by atoms with E-state index in [9.17, 15) is 0 Å². The van der Waals surface area contributed by atoms with Crippen molar-refractivity contribution in [2.75, 3.05) is 39.5 Å². The van der Waals surface area contributed by atoms with Gasteiger partial charge >= 0.3 is 0 Å². The fourth-order valence-corrected chi connectivity index (χ4v) is 3.50. The monoisotopic (exact) mass is 555 g/mol. The number of hydrogen-bond acceptors (Lipinski definition) is 7.